The fraction of sp³-hybridized carbons (Fsp3) is 0.364. The Bertz CT molecular complexity index is 458. The van der Waals surface area contributed by atoms with E-state index in [9.17, 15) is 14.5 Å². The van der Waals surface area contributed by atoms with E-state index < -0.39 is 10.7 Å². The Hall–Kier alpha value is -1.98. The van der Waals surface area contributed by atoms with Gasteiger partial charge in [0.15, 0.2) is 0 Å². The highest BCUT2D eigenvalue weighted by Gasteiger charge is 2.29. The molecule has 1 aromatic rings. The van der Waals surface area contributed by atoms with E-state index >= 15 is 0 Å². The van der Waals surface area contributed by atoms with Crippen molar-refractivity contribution in [1.29, 1.82) is 5.41 Å². The van der Waals surface area contributed by atoms with Gasteiger partial charge in [-0.1, -0.05) is 0 Å². The monoisotopic (exact) mass is 237 g/mol. The van der Waals surface area contributed by atoms with Crippen molar-refractivity contribution in [2.75, 3.05) is 5.32 Å². The molecular formula is C11H12FN3O2. The van der Waals surface area contributed by atoms with Crippen molar-refractivity contribution in [1.82, 2.24) is 0 Å². The first kappa shape index (κ1) is 11.5. The minimum atomic E-state index is -0.533. The van der Waals surface area contributed by atoms with E-state index in [0.717, 1.165) is 31.0 Å². The van der Waals surface area contributed by atoms with Crippen LogP contribution < -0.4 is 5.32 Å². The lowest BCUT2D eigenvalue weighted by atomic mass is 9.81. The van der Waals surface area contributed by atoms with Crippen LogP contribution in [0, 0.1) is 27.3 Å². The smallest absolute Gasteiger partial charge is 0.292 e. The van der Waals surface area contributed by atoms with E-state index in [-0.39, 0.29) is 23.3 Å². The largest absolute Gasteiger partial charge is 0.377 e. The van der Waals surface area contributed by atoms with Gasteiger partial charge in [0.1, 0.15) is 11.5 Å². The van der Waals surface area contributed by atoms with Gasteiger partial charge in [0, 0.05) is 18.2 Å². The summed E-state index contributed by atoms with van der Waals surface area (Å²) in [6.07, 6.45) is 2.90. The SMILES string of the molecule is N=CC1CC(Nc2cc(F)ccc2[N+](=O)[O-])C1. The van der Waals surface area contributed by atoms with Crippen molar-refractivity contribution >= 4 is 17.6 Å². The van der Waals surface area contributed by atoms with E-state index in [2.05, 4.69) is 5.32 Å². The Balaban J connectivity index is 2.12. The molecular weight excluding hydrogens is 225 g/mol. The molecule has 0 atom stereocenters. The lowest BCUT2D eigenvalue weighted by molar-refractivity contribution is -0.384. The van der Waals surface area contributed by atoms with Crippen molar-refractivity contribution in [2.24, 2.45) is 5.92 Å². The van der Waals surface area contributed by atoms with Gasteiger partial charge in [0.05, 0.1) is 4.92 Å². The number of nitrogens with one attached hydrogen (secondary N) is 2. The summed E-state index contributed by atoms with van der Waals surface area (Å²) in [4.78, 5) is 10.2. The molecule has 0 amide bonds. The molecule has 1 aliphatic carbocycles. The average Bonchev–Trinajstić information content (AvgIpc) is 2.22. The quantitative estimate of drug-likeness (QED) is 0.480. The molecule has 0 heterocycles. The lowest BCUT2D eigenvalue weighted by Crippen LogP contribution is -2.36. The van der Waals surface area contributed by atoms with Crippen LogP contribution in [-0.4, -0.2) is 17.2 Å². The van der Waals surface area contributed by atoms with Crippen LogP contribution in [-0.2, 0) is 0 Å². The average molecular weight is 237 g/mol. The number of rotatable bonds is 4. The molecule has 0 bridgehead atoms. The highest BCUT2D eigenvalue weighted by Crippen LogP contribution is 2.32. The van der Waals surface area contributed by atoms with E-state index in [4.69, 9.17) is 5.41 Å². The molecule has 0 saturated heterocycles. The predicted molar refractivity (Wildman–Crippen MR) is 62.0 cm³/mol. The Morgan fingerprint density at radius 3 is 2.82 bits per heavy atom. The third kappa shape index (κ3) is 2.41. The van der Waals surface area contributed by atoms with Crippen LogP contribution in [0.1, 0.15) is 12.8 Å². The maximum Gasteiger partial charge on any atom is 0.292 e. The molecule has 0 unspecified atom stereocenters. The fourth-order valence-electron chi connectivity index (χ4n) is 1.92. The molecule has 0 aromatic heterocycles. The molecule has 1 saturated carbocycles. The summed E-state index contributed by atoms with van der Waals surface area (Å²) in [7, 11) is 0. The molecule has 1 fully saturated rings. The first-order valence-corrected chi connectivity index (χ1v) is 5.31. The second kappa shape index (κ2) is 4.48. The molecule has 2 N–H and O–H groups in total. The molecule has 0 spiro atoms. The molecule has 0 radical (unpaired) electrons. The molecule has 5 nitrogen and oxygen atoms in total. The van der Waals surface area contributed by atoms with Gasteiger partial charge in [-0.3, -0.25) is 10.1 Å². The molecule has 0 aliphatic heterocycles. The van der Waals surface area contributed by atoms with Crippen LogP contribution in [0.3, 0.4) is 0 Å². The van der Waals surface area contributed by atoms with Crippen molar-refractivity contribution in [3.63, 3.8) is 0 Å². The Morgan fingerprint density at radius 1 is 1.53 bits per heavy atom. The zero-order valence-corrected chi connectivity index (χ0v) is 9.02. The lowest BCUT2D eigenvalue weighted by Gasteiger charge is -2.33. The third-order valence-corrected chi connectivity index (χ3v) is 2.93. The van der Waals surface area contributed by atoms with Gasteiger partial charge in [0.25, 0.3) is 5.69 Å². The van der Waals surface area contributed by atoms with Crippen molar-refractivity contribution in [3.05, 3.63) is 34.1 Å². The van der Waals surface area contributed by atoms with E-state index in [1.807, 2.05) is 0 Å². The first-order valence-electron chi connectivity index (χ1n) is 5.31. The van der Waals surface area contributed by atoms with Crippen molar-refractivity contribution in [3.8, 4) is 0 Å². The highest BCUT2D eigenvalue weighted by atomic mass is 19.1. The number of halogens is 1. The van der Waals surface area contributed by atoms with Crippen LogP contribution in [0.4, 0.5) is 15.8 Å². The second-order valence-electron chi connectivity index (χ2n) is 4.16. The number of hydrogen-bond donors (Lipinski definition) is 2. The summed E-state index contributed by atoms with van der Waals surface area (Å²) in [6, 6.07) is 3.45. The van der Waals surface area contributed by atoms with Crippen LogP contribution in [0.2, 0.25) is 0 Å². The van der Waals surface area contributed by atoms with Crippen LogP contribution in [0.15, 0.2) is 18.2 Å². The number of nitro benzene ring substituents is 1. The van der Waals surface area contributed by atoms with Gasteiger partial charge in [-0.2, -0.15) is 0 Å². The second-order valence-corrected chi connectivity index (χ2v) is 4.16. The summed E-state index contributed by atoms with van der Waals surface area (Å²) < 4.78 is 13.0. The summed E-state index contributed by atoms with van der Waals surface area (Å²) in [5, 5.41) is 20.7. The zero-order chi connectivity index (χ0) is 12.4. The summed E-state index contributed by atoms with van der Waals surface area (Å²) in [5.74, 6) is -0.263. The maximum atomic E-state index is 13.0. The Morgan fingerprint density at radius 2 is 2.24 bits per heavy atom. The summed E-state index contributed by atoms with van der Waals surface area (Å²) in [6.45, 7) is 0. The number of anilines is 1. The molecule has 2 rings (SSSR count). The fourth-order valence-corrected chi connectivity index (χ4v) is 1.92. The molecule has 90 valence electrons. The normalized spacial score (nSPS) is 22.6. The predicted octanol–water partition coefficient (Wildman–Crippen LogP) is 2.57. The van der Waals surface area contributed by atoms with Crippen molar-refractivity contribution < 1.29 is 9.31 Å². The highest BCUT2D eigenvalue weighted by molar-refractivity contribution is 5.64. The van der Waals surface area contributed by atoms with Gasteiger partial charge in [0.2, 0.25) is 0 Å². The zero-order valence-electron chi connectivity index (χ0n) is 9.02. The summed E-state index contributed by atoms with van der Waals surface area (Å²) >= 11 is 0. The van der Waals surface area contributed by atoms with Crippen molar-refractivity contribution in [2.45, 2.75) is 18.9 Å². The van der Waals surface area contributed by atoms with Gasteiger partial charge >= 0.3 is 0 Å². The minimum Gasteiger partial charge on any atom is -0.377 e. The number of benzene rings is 1. The van der Waals surface area contributed by atoms with Gasteiger partial charge in [-0.15, -0.1) is 0 Å². The van der Waals surface area contributed by atoms with Gasteiger partial charge < -0.3 is 10.7 Å². The number of nitro groups is 1. The minimum absolute atomic E-state index is 0.0853. The summed E-state index contributed by atoms with van der Waals surface area (Å²) in [5.41, 5.74) is 0.0909. The number of nitrogens with zero attached hydrogens (tertiary/aromatic N) is 1. The molecule has 6 heteroatoms. The van der Waals surface area contributed by atoms with E-state index in [1.165, 1.54) is 6.21 Å². The van der Waals surface area contributed by atoms with Gasteiger partial charge in [-0.25, -0.2) is 4.39 Å². The topological polar surface area (TPSA) is 79.0 Å². The van der Waals surface area contributed by atoms with Crippen LogP contribution in [0.5, 0.6) is 0 Å². The first-order chi connectivity index (χ1) is 8.10. The maximum absolute atomic E-state index is 13.0. The Kier molecular flexibility index (Phi) is 3.03. The Labute approximate surface area is 97.3 Å². The third-order valence-electron chi connectivity index (χ3n) is 2.93. The van der Waals surface area contributed by atoms with Crippen LogP contribution >= 0.6 is 0 Å². The molecule has 1 aromatic carbocycles. The molecule has 17 heavy (non-hydrogen) atoms. The molecule has 1 aliphatic rings. The number of hydrogen-bond acceptors (Lipinski definition) is 4. The van der Waals surface area contributed by atoms with Crippen LogP contribution in [0.25, 0.3) is 0 Å². The van der Waals surface area contributed by atoms with Gasteiger partial charge in [-0.05, 0) is 31.0 Å². The van der Waals surface area contributed by atoms with E-state index in [0.29, 0.717) is 0 Å². The van der Waals surface area contributed by atoms with E-state index in [1.54, 1.807) is 0 Å². The standard InChI is InChI=1S/C11H12FN3O2/c12-8-1-2-11(15(16)17)10(5-8)14-9-3-7(4-9)6-13/h1-2,5-7,9,13-14H,3-4H2.